The Bertz CT molecular complexity index is 127. The van der Waals surface area contributed by atoms with Gasteiger partial charge >= 0.3 is 0 Å². The van der Waals surface area contributed by atoms with Crippen LogP contribution in [0.2, 0.25) is 0 Å². The van der Waals surface area contributed by atoms with Crippen LogP contribution in [-0.2, 0) is 4.74 Å². The minimum Gasteiger partial charge on any atom is -0.378 e. The number of alkyl halides is 1. The molecule has 1 rings (SSSR count). The summed E-state index contributed by atoms with van der Waals surface area (Å²) in [4.78, 5) is 0. The molecule has 0 aromatic carbocycles. The Hall–Kier alpha value is 0.250. The first kappa shape index (κ1) is 11.3. The highest BCUT2D eigenvalue weighted by atomic mass is 35.5. The van der Waals surface area contributed by atoms with Gasteiger partial charge in [0.15, 0.2) is 0 Å². The molecule has 0 spiro atoms. The van der Waals surface area contributed by atoms with Gasteiger partial charge in [-0.2, -0.15) is 0 Å². The Balaban J connectivity index is 2.00. The first-order valence-electron chi connectivity index (χ1n) is 5.50. The summed E-state index contributed by atoms with van der Waals surface area (Å²) in [6.45, 7) is 3.23. The molecule has 2 atom stereocenters. The second-order valence-corrected chi connectivity index (χ2v) is 4.54. The van der Waals surface area contributed by atoms with Gasteiger partial charge in [-0.1, -0.05) is 19.8 Å². The number of unbranched alkanes of at least 4 members (excludes halogenated alkanes) is 1. The molecule has 0 amide bonds. The molecule has 0 radical (unpaired) electrons. The summed E-state index contributed by atoms with van der Waals surface area (Å²) in [5.74, 6) is 1.64. The van der Waals surface area contributed by atoms with E-state index in [-0.39, 0.29) is 0 Å². The molecule has 0 aromatic heterocycles. The molecule has 1 aliphatic carbocycles. The maximum atomic E-state index is 5.80. The smallest absolute Gasteiger partial charge is 0.0577 e. The molecule has 0 aromatic rings. The topological polar surface area (TPSA) is 9.23 Å². The zero-order chi connectivity index (χ0) is 9.52. The fraction of sp³-hybridized carbons (Fsp3) is 1.00. The molecule has 2 heteroatoms. The first-order valence-corrected chi connectivity index (χ1v) is 6.04. The highest BCUT2D eigenvalue weighted by Gasteiger charge is 2.18. The second-order valence-electron chi connectivity index (χ2n) is 4.16. The molecule has 1 fully saturated rings. The standard InChI is InChI=1S/C11H21ClO/c1-10-5-4-6-11(9-10)13-8-3-2-7-12/h10-11H,2-9H2,1H3. The lowest BCUT2D eigenvalue weighted by Gasteiger charge is -2.26. The minimum absolute atomic E-state index is 0.541. The third-order valence-corrected chi connectivity index (χ3v) is 3.04. The van der Waals surface area contributed by atoms with Crippen LogP contribution in [0.1, 0.15) is 45.4 Å². The van der Waals surface area contributed by atoms with Crippen LogP contribution in [0.4, 0.5) is 0 Å². The van der Waals surface area contributed by atoms with Gasteiger partial charge in [0.05, 0.1) is 6.10 Å². The summed E-state index contributed by atoms with van der Waals surface area (Å²) in [5.41, 5.74) is 0. The fourth-order valence-corrected chi connectivity index (χ4v) is 2.17. The zero-order valence-electron chi connectivity index (χ0n) is 8.60. The molecular formula is C11H21ClO. The Morgan fingerprint density at radius 2 is 2.15 bits per heavy atom. The average Bonchev–Trinajstić information content (AvgIpc) is 2.13. The maximum Gasteiger partial charge on any atom is 0.0577 e. The number of halogens is 1. The Morgan fingerprint density at radius 3 is 2.85 bits per heavy atom. The molecule has 0 saturated heterocycles. The van der Waals surface area contributed by atoms with Gasteiger partial charge < -0.3 is 4.74 Å². The minimum atomic E-state index is 0.541. The van der Waals surface area contributed by atoms with Gasteiger partial charge in [-0.05, 0) is 31.6 Å². The lowest BCUT2D eigenvalue weighted by Crippen LogP contribution is -2.21. The van der Waals surface area contributed by atoms with Crippen molar-refractivity contribution < 1.29 is 4.74 Å². The van der Waals surface area contributed by atoms with Crippen molar-refractivity contribution >= 4 is 11.6 Å². The average molecular weight is 205 g/mol. The van der Waals surface area contributed by atoms with Gasteiger partial charge in [-0.25, -0.2) is 0 Å². The number of hydrogen-bond acceptors (Lipinski definition) is 1. The van der Waals surface area contributed by atoms with E-state index < -0.39 is 0 Å². The molecule has 1 nitrogen and oxygen atoms in total. The van der Waals surface area contributed by atoms with E-state index in [4.69, 9.17) is 16.3 Å². The van der Waals surface area contributed by atoms with Crippen LogP contribution in [-0.4, -0.2) is 18.6 Å². The van der Waals surface area contributed by atoms with E-state index in [2.05, 4.69) is 6.92 Å². The van der Waals surface area contributed by atoms with E-state index in [0.717, 1.165) is 31.2 Å². The normalized spacial score (nSPS) is 29.1. The van der Waals surface area contributed by atoms with Gasteiger partial charge in [0.25, 0.3) is 0 Å². The van der Waals surface area contributed by atoms with Crippen molar-refractivity contribution in [2.45, 2.75) is 51.6 Å². The quantitative estimate of drug-likeness (QED) is 0.491. The SMILES string of the molecule is CC1CCCC(OCCCCCl)C1. The molecular weight excluding hydrogens is 184 g/mol. The molecule has 1 saturated carbocycles. The maximum absolute atomic E-state index is 5.80. The monoisotopic (exact) mass is 204 g/mol. The first-order chi connectivity index (χ1) is 6.33. The van der Waals surface area contributed by atoms with E-state index in [1.165, 1.54) is 25.7 Å². The predicted octanol–water partition coefficient (Wildman–Crippen LogP) is 3.60. The molecule has 78 valence electrons. The van der Waals surface area contributed by atoms with Crippen molar-refractivity contribution in [2.24, 2.45) is 5.92 Å². The summed E-state index contributed by atoms with van der Waals surface area (Å²) in [5, 5.41) is 0. The van der Waals surface area contributed by atoms with Gasteiger partial charge in [0, 0.05) is 12.5 Å². The summed E-state index contributed by atoms with van der Waals surface area (Å²) in [6.07, 6.45) is 8.02. The lowest BCUT2D eigenvalue weighted by atomic mass is 9.89. The van der Waals surface area contributed by atoms with Crippen molar-refractivity contribution in [3.63, 3.8) is 0 Å². The second kappa shape index (κ2) is 6.67. The third kappa shape index (κ3) is 4.87. The Kier molecular flexibility index (Phi) is 5.81. The molecule has 1 aliphatic rings. The lowest BCUT2D eigenvalue weighted by molar-refractivity contribution is 0.0143. The Labute approximate surface area is 86.8 Å². The molecule has 13 heavy (non-hydrogen) atoms. The molecule has 2 unspecified atom stereocenters. The van der Waals surface area contributed by atoms with Crippen molar-refractivity contribution in [1.29, 1.82) is 0 Å². The summed E-state index contributed by atoms with van der Waals surface area (Å²) in [7, 11) is 0. The Morgan fingerprint density at radius 1 is 1.31 bits per heavy atom. The number of ether oxygens (including phenoxy) is 1. The predicted molar refractivity (Wildman–Crippen MR) is 57.3 cm³/mol. The van der Waals surface area contributed by atoms with Crippen molar-refractivity contribution in [3.05, 3.63) is 0 Å². The van der Waals surface area contributed by atoms with Crippen molar-refractivity contribution in [2.75, 3.05) is 12.5 Å². The van der Waals surface area contributed by atoms with Gasteiger partial charge in [0.2, 0.25) is 0 Å². The highest BCUT2D eigenvalue weighted by Crippen LogP contribution is 2.25. The van der Waals surface area contributed by atoms with E-state index >= 15 is 0 Å². The van der Waals surface area contributed by atoms with Crippen molar-refractivity contribution in [3.8, 4) is 0 Å². The van der Waals surface area contributed by atoms with Crippen LogP contribution in [0.3, 0.4) is 0 Å². The highest BCUT2D eigenvalue weighted by molar-refractivity contribution is 6.17. The molecule has 0 N–H and O–H groups in total. The number of rotatable bonds is 5. The summed E-state index contributed by atoms with van der Waals surface area (Å²) >= 11 is 5.59. The van der Waals surface area contributed by atoms with E-state index in [9.17, 15) is 0 Å². The van der Waals surface area contributed by atoms with Gasteiger partial charge in [-0.15, -0.1) is 11.6 Å². The fourth-order valence-electron chi connectivity index (χ4n) is 1.98. The van der Waals surface area contributed by atoms with Crippen LogP contribution in [0, 0.1) is 5.92 Å². The zero-order valence-corrected chi connectivity index (χ0v) is 9.35. The molecule has 0 bridgehead atoms. The van der Waals surface area contributed by atoms with Crippen molar-refractivity contribution in [1.82, 2.24) is 0 Å². The van der Waals surface area contributed by atoms with Gasteiger partial charge in [-0.3, -0.25) is 0 Å². The third-order valence-electron chi connectivity index (χ3n) is 2.77. The van der Waals surface area contributed by atoms with Crippen LogP contribution in [0.15, 0.2) is 0 Å². The largest absolute Gasteiger partial charge is 0.378 e. The van der Waals surface area contributed by atoms with Crippen LogP contribution in [0.25, 0.3) is 0 Å². The van der Waals surface area contributed by atoms with Crippen LogP contribution in [0.5, 0.6) is 0 Å². The van der Waals surface area contributed by atoms with E-state index in [0.29, 0.717) is 6.10 Å². The molecule has 0 heterocycles. The van der Waals surface area contributed by atoms with Crippen LogP contribution < -0.4 is 0 Å². The van der Waals surface area contributed by atoms with E-state index in [1.807, 2.05) is 0 Å². The van der Waals surface area contributed by atoms with Crippen LogP contribution >= 0.6 is 11.6 Å². The number of hydrogen-bond donors (Lipinski definition) is 0. The van der Waals surface area contributed by atoms with Gasteiger partial charge in [0.1, 0.15) is 0 Å². The van der Waals surface area contributed by atoms with E-state index in [1.54, 1.807) is 0 Å². The summed E-state index contributed by atoms with van der Waals surface area (Å²) in [6, 6.07) is 0. The summed E-state index contributed by atoms with van der Waals surface area (Å²) < 4.78 is 5.80. The molecule has 0 aliphatic heterocycles.